The van der Waals surface area contributed by atoms with E-state index in [1.807, 2.05) is 0 Å². The molecule has 140 valence electrons. The van der Waals surface area contributed by atoms with Crippen LogP contribution in [0.4, 0.5) is 0 Å². The Morgan fingerprint density at radius 1 is 1.28 bits per heavy atom. The Morgan fingerprint density at radius 3 is 2.76 bits per heavy atom. The molecule has 0 bridgehead atoms. The third kappa shape index (κ3) is 2.61. The molecule has 25 heavy (non-hydrogen) atoms. The molecule has 0 aromatic heterocycles. The second-order valence-electron chi connectivity index (χ2n) is 9.99. The van der Waals surface area contributed by atoms with Crippen LogP contribution in [0.2, 0.25) is 0 Å². The maximum absolute atomic E-state index is 12.7. The fourth-order valence-corrected chi connectivity index (χ4v) is 8.25. The molecule has 0 heterocycles. The van der Waals surface area contributed by atoms with Crippen molar-refractivity contribution in [3.63, 3.8) is 0 Å². The first-order valence-electron chi connectivity index (χ1n) is 10.3. The number of halogens is 1. The minimum absolute atomic E-state index is 0.123. The fraction of sp³-hybridized carbons (Fsp3) is 0.864. The smallest absolute Gasteiger partial charge is 0.146 e. The number of alkyl halides is 1. The van der Waals surface area contributed by atoms with Crippen LogP contribution >= 0.6 is 22.6 Å². The zero-order valence-electron chi connectivity index (χ0n) is 15.9. The van der Waals surface area contributed by atoms with E-state index in [-0.39, 0.29) is 17.4 Å². The molecule has 3 fully saturated rings. The van der Waals surface area contributed by atoms with Crippen molar-refractivity contribution in [2.75, 3.05) is 4.43 Å². The molecule has 2 unspecified atom stereocenters. The van der Waals surface area contributed by atoms with Crippen LogP contribution in [0.25, 0.3) is 0 Å². The van der Waals surface area contributed by atoms with E-state index >= 15 is 0 Å². The van der Waals surface area contributed by atoms with Gasteiger partial charge in [0.05, 0.1) is 10.5 Å². The quantitative estimate of drug-likeness (QED) is 0.353. The molecular weight excluding hydrogens is 423 g/mol. The van der Waals surface area contributed by atoms with Crippen LogP contribution in [-0.2, 0) is 4.79 Å². The van der Waals surface area contributed by atoms with Crippen LogP contribution in [0, 0.1) is 40.4 Å². The van der Waals surface area contributed by atoms with Crippen molar-refractivity contribution in [1.82, 2.24) is 0 Å². The molecule has 0 amide bonds. The van der Waals surface area contributed by atoms with E-state index in [9.17, 15) is 9.90 Å². The first kappa shape index (κ1) is 18.5. The largest absolute Gasteiger partial charge is 0.393 e. The predicted molar refractivity (Wildman–Crippen MR) is 110 cm³/mol. The van der Waals surface area contributed by atoms with Gasteiger partial charge in [0.25, 0.3) is 0 Å². The van der Waals surface area contributed by atoms with Crippen LogP contribution in [0.3, 0.4) is 0 Å². The molecule has 3 heteroatoms. The number of carbonyl (C=O) groups is 1. The topological polar surface area (TPSA) is 37.3 Å². The average Bonchev–Trinajstić information content (AvgIpc) is 2.85. The van der Waals surface area contributed by atoms with Crippen molar-refractivity contribution in [3.8, 4) is 0 Å². The summed E-state index contributed by atoms with van der Waals surface area (Å²) in [6.45, 7) is 7.25. The van der Waals surface area contributed by atoms with Gasteiger partial charge in [-0.3, -0.25) is 4.79 Å². The Labute approximate surface area is 166 Å². The lowest BCUT2D eigenvalue weighted by Crippen LogP contribution is -2.51. The molecule has 0 aliphatic heterocycles. The first-order chi connectivity index (χ1) is 11.8. The second-order valence-corrected chi connectivity index (χ2v) is 10.8. The molecule has 0 spiro atoms. The van der Waals surface area contributed by atoms with Gasteiger partial charge in [0.2, 0.25) is 0 Å². The Balaban J connectivity index is 1.67. The zero-order valence-corrected chi connectivity index (χ0v) is 18.1. The lowest BCUT2D eigenvalue weighted by molar-refractivity contribution is -0.128. The number of fused-ring (bicyclic) bond motifs is 5. The lowest BCUT2D eigenvalue weighted by Gasteiger charge is -2.57. The number of aliphatic hydroxyl groups excluding tert-OH is 1. The monoisotopic (exact) mass is 456 g/mol. The fourth-order valence-electron chi connectivity index (χ4n) is 7.77. The normalized spacial score (nSPS) is 52.0. The summed E-state index contributed by atoms with van der Waals surface area (Å²) in [5, 5.41) is 10.1. The van der Waals surface area contributed by atoms with E-state index < -0.39 is 0 Å². The maximum Gasteiger partial charge on any atom is 0.146 e. The van der Waals surface area contributed by atoms with Crippen molar-refractivity contribution in [2.45, 2.75) is 71.8 Å². The van der Waals surface area contributed by atoms with Crippen molar-refractivity contribution in [2.24, 2.45) is 40.4 Å². The number of hydrogen-bond donors (Lipinski definition) is 1. The lowest BCUT2D eigenvalue weighted by atomic mass is 9.47. The van der Waals surface area contributed by atoms with E-state index in [4.69, 9.17) is 0 Å². The number of rotatable bonds is 2. The molecule has 3 saturated carbocycles. The molecule has 2 nitrogen and oxygen atoms in total. The third-order valence-electron chi connectivity index (χ3n) is 8.90. The van der Waals surface area contributed by atoms with E-state index in [0.717, 1.165) is 31.1 Å². The second kappa shape index (κ2) is 6.32. The van der Waals surface area contributed by atoms with Gasteiger partial charge in [-0.05, 0) is 79.4 Å². The van der Waals surface area contributed by atoms with Crippen LogP contribution < -0.4 is 0 Å². The Hall–Kier alpha value is 0.100. The molecule has 1 N–H and O–H groups in total. The molecule has 0 aromatic rings. The van der Waals surface area contributed by atoms with E-state index in [1.54, 1.807) is 5.57 Å². The summed E-state index contributed by atoms with van der Waals surface area (Å²) in [7, 11) is 0. The number of ketones is 1. The number of Topliss-reactive ketones (excluding diaryl/α,β-unsaturated/α-hetero) is 1. The van der Waals surface area contributed by atoms with Gasteiger partial charge in [0.1, 0.15) is 5.78 Å². The number of aliphatic hydroxyl groups is 1. The number of hydrogen-bond acceptors (Lipinski definition) is 2. The molecule has 0 aromatic carbocycles. The summed E-state index contributed by atoms with van der Waals surface area (Å²) < 4.78 is 0.669. The highest BCUT2D eigenvalue weighted by Crippen LogP contribution is 2.67. The van der Waals surface area contributed by atoms with E-state index in [2.05, 4.69) is 49.4 Å². The van der Waals surface area contributed by atoms with Gasteiger partial charge in [-0.25, -0.2) is 0 Å². The van der Waals surface area contributed by atoms with Gasteiger partial charge in [0, 0.05) is 5.92 Å². The van der Waals surface area contributed by atoms with Gasteiger partial charge in [-0.1, -0.05) is 55.0 Å². The SMILES string of the molecule is CC1C[C@H]2[C@@H]3CC=C4CC(O)CC[C@]4(C)[C@H]3CC[C@]2(C)[C@H]1C(=O)CI. The van der Waals surface area contributed by atoms with Gasteiger partial charge in [-0.15, -0.1) is 0 Å². The average molecular weight is 456 g/mol. The van der Waals surface area contributed by atoms with Gasteiger partial charge < -0.3 is 5.11 Å². The van der Waals surface area contributed by atoms with Crippen molar-refractivity contribution in [3.05, 3.63) is 11.6 Å². The summed E-state index contributed by atoms with van der Waals surface area (Å²) >= 11 is 2.27. The predicted octanol–water partition coefficient (Wildman–Crippen LogP) is 5.18. The van der Waals surface area contributed by atoms with E-state index in [1.165, 1.54) is 25.7 Å². The summed E-state index contributed by atoms with van der Waals surface area (Å²) in [6.07, 6.45) is 10.3. The Kier molecular flexibility index (Phi) is 4.67. The first-order valence-corrected chi connectivity index (χ1v) is 11.8. The molecule has 8 atom stereocenters. The highest BCUT2D eigenvalue weighted by Gasteiger charge is 2.61. The van der Waals surface area contributed by atoms with Crippen molar-refractivity contribution >= 4 is 28.4 Å². The van der Waals surface area contributed by atoms with Gasteiger partial charge in [-0.2, -0.15) is 0 Å². The van der Waals surface area contributed by atoms with Crippen LogP contribution in [0.1, 0.15) is 65.7 Å². The third-order valence-corrected chi connectivity index (χ3v) is 9.65. The summed E-state index contributed by atoms with van der Waals surface area (Å²) in [4.78, 5) is 12.7. The van der Waals surface area contributed by atoms with Crippen molar-refractivity contribution < 1.29 is 9.90 Å². The van der Waals surface area contributed by atoms with Gasteiger partial charge >= 0.3 is 0 Å². The maximum atomic E-state index is 12.7. The summed E-state index contributed by atoms with van der Waals surface area (Å²) in [5.41, 5.74) is 2.07. The summed E-state index contributed by atoms with van der Waals surface area (Å²) in [6, 6.07) is 0. The molecule has 0 saturated heterocycles. The van der Waals surface area contributed by atoms with Crippen molar-refractivity contribution in [1.29, 1.82) is 0 Å². The molecule has 4 rings (SSSR count). The molecule has 0 radical (unpaired) electrons. The summed E-state index contributed by atoms with van der Waals surface area (Å²) in [5.74, 6) is 3.54. The highest BCUT2D eigenvalue weighted by atomic mass is 127. The highest BCUT2D eigenvalue weighted by molar-refractivity contribution is 14.1. The van der Waals surface area contributed by atoms with Crippen LogP contribution in [0.5, 0.6) is 0 Å². The van der Waals surface area contributed by atoms with E-state index in [0.29, 0.717) is 27.5 Å². The minimum atomic E-state index is -0.123. The number of carbonyl (C=O) groups excluding carboxylic acids is 1. The van der Waals surface area contributed by atoms with Crippen LogP contribution in [0.15, 0.2) is 11.6 Å². The Bertz CT molecular complexity index is 599. The molecular formula is C22H33IO2. The van der Waals surface area contributed by atoms with Gasteiger partial charge in [0.15, 0.2) is 0 Å². The molecule has 4 aliphatic carbocycles. The Morgan fingerprint density at radius 2 is 2.04 bits per heavy atom. The zero-order chi connectivity index (χ0) is 18.0. The minimum Gasteiger partial charge on any atom is -0.393 e. The van der Waals surface area contributed by atoms with Crippen LogP contribution in [-0.4, -0.2) is 21.4 Å². The molecule has 4 aliphatic rings. The number of allylic oxidation sites excluding steroid dienone is 1. The standard InChI is InChI=1S/C22H33IO2/c1-13-10-18-16-5-4-14-11-15(24)6-8-21(14,2)17(16)7-9-22(18,3)20(13)19(25)12-23/h4,13,15-18,20,24H,5-12H2,1-3H3/t13?,15?,16-,17+,18+,20-,21+,22+/m1/s1.